The lowest BCUT2D eigenvalue weighted by Gasteiger charge is -2.12. The van der Waals surface area contributed by atoms with E-state index < -0.39 is 0 Å². The molecule has 0 radical (unpaired) electrons. The number of nitrogens with one attached hydrogen (secondary N) is 1. The summed E-state index contributed by atoms with van der Waals surface area (Å²) in [5.74, 6) is 2.39. The molecule has 5 heteroatoms. The number of aromatic amines is 1. The number of nitrogens with two attached hydrogens (primary N) is 1. The van der Waals surface area contributed by atoms with E-state index in [0.29, 0.717) is 6.42 Å². The number of hydrogen-bond donors (Lipinski definition) is 2. The van der Waals surface area contributed by atoms with Gasteiger partial charge >= 0.3 is 0 Å². The van der Waals surface area contributed by atoms with Crippen LogP contribution >= 0.6 is 0 Å². The number of benzene rings is 1. The highest BCUT2D eigenvalue weighted by atomic mass is 16.5. The Morgan fingerprint density at radius 1 is 1.35 bits per heavy atom. The molecule has 2 aromatic rings. The summed E-state index contributed by atoms with van der Waals surface area (Å²) in [6.45, 7) is 3.87. The summed E-state index contributed by atoms with van der Waals surface area (Å²) in [6.07, 6.45) is 0.697. The quantitative estimate of drug-likeness (QED) is 0.787. The smallest absolute Gasteiger partial charge is 0.154 e. The van der Waals surface area contributed by atoms with Crippen molar-refractivity contribution < 1.29 is 4.74 Å². The van der Waals surface area contributed by atoms with Crippen LogP contribution < -0.4 is 10.5 Å². The van der Waals surface area contributed by atoms with Crippen molar-refractivity contribution in [3.05, 3.63) is 35.9 Å². The van der Waals surface area contributed by atoms with Gasteiger partial charge in [0.2, 0.25) is 0 Å². The molecule has 1 aromatic carbocycles. The number of aromatic nitrogens is 3. The summed E-state index contributed by atoms with van der Waals surface area (Å²) in [5.41, 5.74) is 6.34. The molecule has 0 saturated heterocycles. The molecule has 0 spiro atoms. The summed E-state index contributed by atoms with van der Waals surface area (Å²) in [7, 11) is 0. The van der Waals surface area contributed by atoms with Gasteiger partial charge in [-0.3, -0.25) is 5.10 Å². The van der Waals surface area contributed by atoms with Crippen molar-refractivity contribution in [3.63, 3.8) is 0 Å². The summed E-state index contributed by atoms with van der Waals surface area (Å²) in [4.78, 5) is 4.24. The lowest BCUT2D eigenvalue weighted by Crippen LogP contribution is -2.16. The Bertz CT molecular complexity index is 478. The number of rotatable bonds is 4. The van der Waals surface area contributed by atoms with Gasteiger partial charge in [0.25, 0.3) is 0 Å². The molecule has 0 aliphatic carbocycles. The van der Waals surface area contributed by atoms with Crippen molar-refractivity contribution in [2.45, 2.75) is 26.4 Å². The largest absolute Gasteiger partial charge is 0.490 e. The molecule has 1 heterocycles. The molecular formula is C12H16N4O. The van der Waals surface area contributed by atoms with Gasteiger partial charge in [0.15, 0.2) is 5.82 Å². The average molecular weight is 232 g/mol. The fourth-order valence-electron chi connectivity index (χ4n) is 1.56. The molecule has 5 nitrogen and oxygen atoms in total. The van der Waals surface area contributed by atoms with Gasteiger partial charge in [-0.2, -0.15) is 5.10 Å². The number of ether oxygens (including phenoxy) is 1. The Balaban J connectivity index is 1.93. The van der Waals surface area contributed by atoms with Gasteiger partial charge in [-0.15, -0.1) is 0 Å². The number of H-pyrrole nitrogens is 1. The summed E-state index contributed by atoms with van der Waals surface area (Å²) in [6, 6.07) is 7.35. The van der Waals surface area contributed by atoms with E-state index in [-0.39, 0.29) is 6.10 Å². The highest BCUT2D eigenvalue weighted by molar-refractivity contribution is 5.41. The van der Waals surface area contributed by atoms with Gasteiger partial charge in [0.1, 0.15) is 17.7 Å². The molecule has 17 heavy (non-hydrogen) atoms. The first-order chi connectivity index (χ1) is 8.13. The minimum absolute atomic E-state index is 0.0221. The minimum Gasteiger partial charge on any atom is -0.490 e. The third-order valence-electron chi connectivity index (χ3n) is 2.33. The van der Waals surface area contributed by atoms with Gasteiger partial charge in [0, 0.05) is 12.1 Å². The predicted octanol–water partition coefficient (Wildman–Crippen LogP) is 1.71. The van der Waals surface area contributed by atoms with E-state index in [2.05, 4.69) is 15.2 Å². The maximum atomic E-state index is 5.73. The van der Waals surface area contributed by atoms with Crippen LogP contribution in [0.25, 0.3) is 0 Å². The van der Waals surface area contributed by atoms with Crippen molar-refractivity contribution in [3.8, 4) is 5.75 Å². The maximum Gasteiger partial charge on any atom is 0.154 e. The van der Waals surface area contributed by atoms with E-state index in [0.717, 1.165) is 23.1 Å². The molecule has 1 atom stereocenters. The summed E-state index contributed by atoms with van der Waals surface area (Å²) in [5, 5.41) is 6.89. The van der Waals surface area contributed by atoms with Crippen molar-refractivity contribution in [1.82, 2.24) is 15.2 Å². The topological polar surface area (TPSA) is 76.8 Å². The fourth-order valence-corrected chi connectivity index (χ4v) is 1.56. The zero-order chi connectivity index (χ0) is 12.3. The minimum atomic E-state index is 0.0221. The van der Waals surface area contributed by atoms with Gasteiger partial charge in [-0.1, -0.05) is 0 Å². The second kappa shape index (κ2) is 4.86. The molecule has 0 amide bonds. The van der Waals surface area contributed by atoms with Gasteiger partial charge in [-0.25, -0.2) is 4.98 Å². The zero-order valence-corrected chi connectivity index (χ0v) is 9.97. The van der Waals surface area contributed by atoms with Crippen molar-refractivity contribution in [2.24, 2.45) is 0 Å². The molecule has 0 saturated carbocycles. The van der Waals surface area contributed by atoms with Crippen molar-refractivity contribution in [2.75, 3.05) is 5.73 Å². The van der Waals surface area contributed by atoms with E-state index in [1.165, 1.54) is 0 Å². The van der Waals surface area contributed by atoms with Crippen LogP contribution in [-0.2, 0) is 6.42 Å². The average Bonchev–Trinajstić information content (AvgIpc) is 2.67. The fraction of sp³-hybridized carbons (Fsp3) is 0.333. The molecule has 0 aliphatic heterocycles. The van der Waals surface area contributed by atoms with E-state index in [9.17, 15) is 0 Å². The second-order valence-electron chi connectivity index (χ2n) is 4.04. The zero-order valence-electron chi connectivity index (χ0n) is 9.97. The van der Waals surface area contributed by atoms with Crippen LogP contribution in [-0.4, -0.2) is 21.3 Å². The Morgan fingerprint density at radius 2 is 2.06 bits per heavy atom. The maximum absolute atomic E-state index is 5.73. The van der Waals surface area contributed by atoms with Crippen LogP contribution in [0, 0.1) is 6.92 Å². The standard InChI is InChI=1S/C12H16N4O/c1-8(7-12-14-9(2)15-16-12)17-11-5-3-10(13)4-6-11/h3-6,8H,7,13H2,1-2H3,(H,14,15,16). The van der Waals surface area contributed by atoms with Crippen LogP contribution in [0.5, 0.6) is 5.75 Å². The van der Waals surface area contributed by atoms with Crippen LogP contribution in [0.3, 0.4) is 0 Å². The van der Waals surface area contributed by atoms with E-state index in [1.807, 2.05) is 38.1 Å². The number of anilines is 1. The van der Waals surface area contributed by atoms with Gasteiger partial charge < -0.3 is 10.5 Å². The first kappa shape index (κ1) is 11.4. The number of nitrogens with zero attached hydrogens (tertiary/aromatic N) is 2. The molecular weight excluding hydrogens is 216 g/mol. The Hall–Kier alpha value is -2.04. The van der Waals surface area contributed by atoms with Gasteiger partial charge in [0.05, 0.1) is 0 Å². The third-order valence-corrected chi connectivity index (χ3v) is 2.33. The van der Waals surface area contributed by atoms with Crippen LogP contribution in [0.1, 0.15) is 18.6 Å². The highest BCUT2D eigenvalue weighted by Gasteiger charge is 2.08. The SMILES string of the molecule is Cc1nc(CC(C)Oc2ccc(N)cc2)n[nH]1. The first-order valence-electron chi connectivity index (χ1n) is 5.53. The molecule has 0 fully saturated rings. The van der Waals surface area contributed by atoms with Crippen LogP contribution in [0.2, 0.25) is 0 Å². The molecule has 0 aliphatic rings. The van der Waals surface area contributed by atoms with Gasteiger partial charge in [-0.05, 0) is 38.1 Å². The third kappa shape index (κ3) is 3.21. The van der Waals surface area contributed by atoms with Crippen LogP contribution in [0.15, 0.2) is 24.3 Å². The summed E-state index contributed by atoms with van der Waals surface area (Å²) >= 11 is 0. The summed E-state index contributed by atoms with van der Waals surface area (Å²) < 4.78 is 5.73. The van der Waals surface area contributed by atoms with Crippen molar-refractivity contribution >= 4 is 5.69 Å². The van der Waals surface area contributed by atoms with E-state index in [1.54, 1.807) is 0 Å². The second-order valence-corrected chi connectivity index (χ2v) is 4.04. The van der Waals surface area contributed by atoms with E-state index in [4.69, 9.17) is 10.5 Å². The monoisotopic (exact) mass is 232 g/mol. The molecule has 90 valence electrons. The molecule has 1 aromatic heterocycles. The molecule has 0 bridgehead atoms. The Morgan fingerprint density at radius 3 is 2.65 bits per heavy atom. The molecule has 3 N–H and O–H groups in total. The lowest BCUT2D eigenvalue weighted by molar-refractivity contribution is 0.219. The van der Waals surface area contributed by atoms with E-state index >= 15 is 0 Å². The predicted molar refractivity (Wildman–Crippen MR) is 65.8 cm³/mol. The Kier molecular flexibility index (Phi) is 3.27. The van der Waals surface area contributed by atoms with Crippen LogP contribution in [0.4, 0.5) is 5.69 Å². The molecule has 2 rings (SSSR count). The number of aryl methyl sites for hydroxylation is 1. The first-order valence-corrected chi connectivity index (χ1v) is 5.53. The lowest BCUT2D eigenvalue weighted by atomic mass is 10.2. The normalized spacial score (nSPS) is 12.4. The highest BCUT2D eigenvalue weighted by Crippen LogP contribution is 2.15. The van der Waals surface area contributed by atoms with Crippen molar-refractivity contribution in [1.29, 1.82) is 0 Å². The molecule has 1 unspecified atom stereocenters. The number of hydrogen-bond acceptors (Lipinski definition) is 4. The number of nitrogen functional groups attached to an aromatic ring is 1. The Labute approximate surface area is 100 Å².